The number of fused-ring (bicyclic) bond motifs is 1. The summed E-state index contributed by atoms with van der Waals surface area (Å²) in [7, 11) is 0. The predicted octanol–water partition coefficient (Wildman–Crippen LogP) is -0.245. The predicted molar refractivity (Wildman–Crippen MR) is 107 cm³/mol. The standard InChI is InChI=1S/C21H20O11/c22-7-16-18(27)19(28)20(29)21(32-16)31-15-5-9(23)4-14-17(15)12(26)6-13(30-14)8-1-2-10(24)11(25)3-8/h1-6,16,18-25,27-29H,7H2. The largest absolute Gasteiger partial charge is 0.508 e. The maximum atomic E-state index is 12.9. The first-order valence-electron chi connectivity index (χ1n) is 9.50. The third-order valence-electron chi connectivity index (χ3n) is 5.13. The maximum Gasteiger partial charge on any atom is 0.229 e. The van der Waals surface area contributed by atoms with E-state index in [0.717, 1.165) is 18.2 Å². The zero-order valence-corrected chi connectivity index (χ0v) is 16.3. The number of rotatable bonds is 4. The summed E-state index contributed by atoms with van der Waals surface area (Å²) in [5, 5.41) is 68.4. The summed E-state index contributed by atoms with van der Waals surface area (Å²) in [5.41, 5.74) is -0.424. The summed E-state index contributed by atoms with van der Waals surface area (Å²) >= 11 is 0. The lowest BCUT2D eigenvalue weighted by molar-refractivity contribution is -0.277. The molecular formula is C21H20O11. The Bertz CT molecular complexity index is 1200. The van der Waals surface area contributed by atoms with Crippen LogP contribution >= 0.6 is 0 Å². The Kier molecular flexibility index (Phi) is 5.67. The lowest BCUT2D eigenvalue weighted by Crippen LogP contribution is -2.60. The highest BCUT2D eigenvalue weighted by Crippen LogP contribution is 2.35. The van der Waals surface area contributed by atoms with Gasteiger partial charge in [0.25, 0.3) is 0 Å². The molecule has 1 aliphatic rings. The van der Waals surface area contributed by atoms with Crippen molar-refractivity contribution in [3.8, 4) is 34.3 Å². The molecule has 3 aromatic rings. The first kappa shape index (κ1) is 21.9. The highest BCUT2D eigenvalue weighted by Gasteiger charge is 2.45. The van der Waals surface area contributed by atoms with Gasteiger partial charge < -0.3 is 49.6 Å². The number of hydrogen-bond donors (Lipinski definition) is 7. The van der Waals surface area contributed by atoms with Crippen molar-refractivity contribution in [2.45, 2.75) is 30.7 Å². The van der Waals surface area contributed by atoms with Crippen LogP contribution in [-0.4, -0.2) is 73.1 Å². The molecule has 2 aromatic carbocycles. The van der Waals surface area contributed by atoms with Gasteiger partial charge >= 0.3 is 0 Å². The quantitative estimate of drug-likeness (QED) is 0.261. The van der Waals surface area contributed by atoms with Gasteiger partial charge in [0, 0.05) is 23.8 Å². The van der Waals surface area contributed by atoms with Gasteiger partial charge in [0.05, 0.1) is 6.61 Å². The molecule has 5 atom stereocenters. The molecule has 7 N–H and O–H groups in total. The molecule has 4 rings (SSSR count). The van der Waals surface area contributed by atoms with Crippen LogP contribution in [0.1, 0.15) is 0 Å². The van der Waals surface area contributed by atoms with Crippen LogP contribution in [0.3, 0.4) is 0 Å². The Balaban J connectivity index is 1.76. The highest BCUT2D eigenvalue weighted by molar-refractivity contribution is 5.86. The molecule has 0 spiro atoms. The summed E-state index contributed by atoms with van der Waals surface area (Å²) in [4.78, 5) is 12.9. The van der Waals surface area contributed by atoms with E-state index in [0.29, 0.717) is 0 Å². The Labute approximate surface area is 179 Å². The first-order valence-corrected chi connectivity index (χ1v) is 9.50. The fourth-order valence-corrected chi connectivity index (χ4v) is 3.44. The van der Waals surface area contributed by atoms with Crippen molar-refractivity contribution in [3.05, 3.63) is 46.6 Å². The SMILES string of the molecule is O=c1cc(-c2ccc(O)c(O)c2)oc2cc(O)cc(OC3OC(CO)C(O)C(O)C3O)c12. The number of phenolic OH excluding ortho intramolecular Hbond substituents is 3. The molecule has 0 aliphatic carbocycles. The molecular weight excluding hydrogens is 428 g/mol. The normalized spacial score (nSPS) is 25.7. The molecule has 0 bridgehead atoms. The molecule has 2 heterocycles. The number of ether oxygens (including phenoxy) is 2. The molecule has 11 nitrogen and oxygen atoms in total. The van der Waals surface area contributed by atoms with Gasteiger partial charge in [-0.1, -0.05) is 0 Å². The molecule has 5 unspecified atom stereocenters. The van der Waals surface area contributed by atoms with Crippen LogP contribution in [-0.2, 0) is 4.74 Å². The summed E-state index contributed by atoms with van der Waals surface area (Å²) in [6.07, 6.45) is -7.82. The van der Waals surface area contributed by atoms with E-state index in [1.165, 1.54) is 18.2 Å². The molecule has 11 heteroatoms. The van der Waals surface area contributed by atoms with Crippen LogP contribution < -0.4 is 10.2 Å². The molecule has 1 saturated heterocycles. The molecule has 170 valence electrons. The van der Waals surface area contributed by atoms with E-state index in [1.54, 1.807) is 0 Å². The monoisotopic (exact) mass is 448 g/mol. The first-order chi connectivity index (χ1) is 15.2. The molecule has 1 fully saturated rings. The molecule has 0 radical (unpaired) electrons. The average Bonchev–Trinajstić information content (AvgIpc) is 2.75. The van der Waals surface area contributed by atoms with Gasteiger partial charge in [-0.3, -0.25) is 4.79 Å². The third-order valence-corrected chi connectivity index (χ3v) is 5.13. The second kappa shape index (κ2) is 8.30. The van der Waals surface area contributed by atoms with Crippen LogP contribution in [0, 0.1) is 0 Å². The lowest BCUT2D eigenvalue weighted by Gasteiger charge is -2.39. The Morgan fingerprint density at radius 1 is 0.906 bits per heavy atom. The zero-order valence-electron chi connectivity index (χ0n) is 16.3. The minimum absolute atomic E-state index is 0.0298. The average molecular weight is 448 g/mol. The van der Waals surface area contributed by atoms with Gasteiger partial charge in [-0.25, -0.2) is 0 Å². The topological polar surface area (TPSA) is 190 Å². The van der Waals surface area contributed by atoms with Crippen LogP contribution in [0.5, 0.6) is 23.0 Å². The number of aliphatic hydroxyl groups is 4. The molecule has 32 heavy (non-hydrogen) atoms. The minimum atomic E-state index is -1.73. The summed E-state index contributed by atoms with van der Waals surface area (Å²) in [6.45, 7) is -0.670. The van der Waals surface area contributed by atoms with Gasteiger partial charge in [0.15, 0.2) is 16.9 Å². The van der Waals surface area contributed by atoms with Gasteiger partial charge in [0.2, 0.25) is 6.29 Å². The number of phenols is 3. The smallest absolute Gasteiger partial charge is 0.229 e. The number of aliphatic hydroxyl groups excluding tert-OH is 4. The van der Waals surface area contributed by atoms with E-state index in [9.17, 15) is 40.5 Å². The van der Waals surface area contributed by atoms with E-state index in [2.05, 4.69) is 0 Å². The fourth-order valence-electron chi connectivity index (χ4n) is 3.44. The van der Waals surface area contributed by atoms with Crippen molar-refractivity contribution in [2.75, 3.05) is 6.61 Å². The summed E-state index contributed by atoms with van der Waals surface area (Å²) in [6, 6.07) is 7.14. The van der Waals surface area contributed by atoms with E-state index in [1.807, 2.05) is 0 Å². The molecule has 1 aromatic heterocycles. The van der Waals surface area contributed by atoms with E-state index >= 15 is 0 Å². The maximum absolute atomic E-state index is 12.9. The van der Waals surface area contributed by atoms with Crippen LogP contribution in [0.25, 0.3) is 22.3 Å². The number of benzene rings is 2. The highest BCUT2D eigenvalue weighted by atomic mass is 16.7. The van der Waals surface area contributed by atoms with Gasteiger partial charge in [-0.2, -0.15) is 0 Å². The molecule has 1 aliphatic heterocycles. The fraction of sp³-hybridized carbons (Fsp3) is 0.286. The van der Waals surface area contributed by atoms with Crippen LogP contribution in [0.15, 0.2) is 45.6 Å². The molecule has 0 saturated carbocycles. The Morgan fingerprint density at radius 2 is 1.66 bits per heavy atom. The summed E-state index contributed by atoms with van der Waals surface area (Å²) in [5.74, 6) is -1.34. The van der Waals surface area contributed by atoms with E-state index in [-0.39, 0.29) is 39.5 Å². The van der Waals surface area contributed by atoms with Crippen molar-refractivity contribution in [2.24, 2.45) is 0 Å². The van der Waals surface area contributed by atoms with E-state index in [4.69, 9.17) is 13.9 Å². The van der Waals surface area contributed by atoms with Gasteiger partial charge in [0.1, 0.15) is 52.6 Å². The van der Waals surface area contributed by atoms with Crippen LogP contribution in [0.2, 0.25) is 0 Å². The second-order valence-corrected chi connectivity index (χ2v) is 7.31. The van der Waals surface area contributed by atoms with Crippen molar-refractivity contribution < 1.29 is 49.6 Å². The van der Waals surface area contributed by atoms with Crippen molar-refractivity contribution in [1.29, 1.82) is 0 Å². The number of aromatic hydroxyl groups is 3. The van der Waals surface area contributed by atoms with Crippen molar-refractivity contribution >= 4 is 11.0 Å². The molecule has 0 amide bonds. The minimum Gasteiger partial charge on any atom is -0.508 e. The third kappa shape index (κ3) is 3.83. The van der Waals surface area contributed by atoms with E-state index < -0.39 is 48.5 Å². The van der Waals surface area contributed by atoms with Crippen molar-refractivity contribution in [3.63, 3.8) is 0 Å². The Hall–Kier alpha value is -3.35. The van der Waals surface area contributed by atoms with Crippen LogP contribution in [0.4, 0.5) is 0 Å². The second-order valence-electron chi connectivity index (χ2n) is 7.31. The van der Waals surface area contributed by atoms with Gasteiger partial charge in [-0.15, -0.1) is 0 Å². The summed E-state index contributed by atoms with van der Waals surface area (Å²) < 4.78 is 16.5. The Morgan fingerprint density at radius 3 is 2.34 bits per heavy atom. The zero-order chi connectivity index (χ0) is 23.2. The van der Waals surface area contributed by atoms with Gasteiger partial charge in [-0.05, 0) is 18.2 Å². The van der Waals surface area contributed by atoms with Crippen molar-refractivity contribution in [1.82, 2.24) is 0 Å². The lowest BCUT2D eigenvalue weighted by atomic mass is 9.99. The number of hydrogen-bond acceptors (Lipinski definition) is 11.